The number of carbonyl (C=O) groups excluding carboxylic acids is 2. The Morgan fingerprint density at radius 1 is 0.946 bits per heavy atom. The van der Waals surface area contributed by atoms with Crippen LogP contribution in [0.15, 0.2) is 83.3 Å². The van der Waals surface area contributed by atoms with Crippen LogP contribution in [-0.2, 0) is 22.6 Å². The summed E-state index contributed by atoms with van der Waals surface area (Å²) in [4.78, 5) is 27.8. The second kappa shape index (κ2) is 13.3. The Bertz CT molecular complexity index is 1150. The fraction of sp³-hybridized carbons (Fsp3) is 0.286. The molecule has 37 heavy (non-hydrogen) atoms. The molecule has 0 aliphatic carbocycles. The predicted octanol–water partition coefficient (Wildman–Crippen LogP) is 6.23. The van der Waals surface area contributed by atoms with Crippen LogP contribution in [0.4, 0.5) is 13.2 Å². The fourth-order valence-corrected chi connectivity index (χ4v) is 4.10. The van der Waals surface area contributed by atoms with Gasteiger partial charge < -0.3 is 15.0 Å². The van der Waals surface area contributed by atoms with Crippen LogP contribution < -0.4 is 10.1 Å². The van der Waals surface area contributed by atoms with E-state index in [1.807, 2.05) is 30.3 Å². The van der Waals surface area contributed by atoms with E-state index in [0.717, 1.165) is 20.5 Å². The van der Waals surface area contributed by atoms with E-state index in [1.54, 1.807) is 55.6 Å². The van der Waals surface area contributed by atoms with E-state index in [1.165, 1.54) is 0 Å². The lowest BCUT2D eigenvalue weighted by atomic mass is 10.0. The lowest BCUT2D eigenvalue weighted by Crippen LogP contribution is -2.45. The average molecular weight is 577 g/mol. The molecule has 0 fully saturated rings. The van der Waals surface area contributed by atoms with Gasteiger partial charge in [-0.15, -0.1) is 0 Å². The SMILES string of the molecule is COc1ccc(CCC(=O)N(CCC(F)(F)F)C(C(=O)NCc2ccccc2)c2ccc(Br)cc2)cc1. The Morgan fingerprint density at radius 2 is 1.59 bits per heavy atom. The summed E-state index contributed by atoms with van der Waals surface area (Å²) in [5.41, 5.74) is 2.09. The van der Waals surface area contributed by atoms with Crippen LogP contribution in [0.3, 0.4) is 0 Å². The van der Waals surface area contributed by atoms with Crippen molar-refractivity contribution in [3.8, 4) is 5.75 Å². The maximum absolute atomic E-state index is 13.4. The number of alkyl halides is 3. The fourth-order valence-electron chi connectivity index (χ4n) is 3.83. The molecule has 5 nitrogen and oxygen atoms in total. The summed E-state index contributed by atoms with van der Waals surface area (Å²) in [6.45, 7) is -0.454. The molecule has 2 amide bonds. The number of amides is 2. The largest absolute Gasteiger partial charge is 0.497 e. The van der Waals surface area contributed by atoms with E-state index in [0.29, 0.717) is 17.7 Å². The summed E-state index contributed by atoms with van der Waals surface area (Å²) in [5, 5.41) is 2.79. The second-order valence-corrected chi connectivity index (χ2v) is 9.37. The van der Waals surface area contributed by atoms with E-state index in [-0.39, 0.29) is 13.0 Å². The number of aryl methyl sites for hydroxylation is 1. The zero-order valence-corrected chi connectivity index (χ0v) is 21.9. The quantitative estimate of drug-likeness (QED) is 0.294. The highest BCUT2D eigenvalue weighted by molar-refractivity contribution is 9.10. The van der Waals surface area contributed by atoms with Crippen LogP contribution in [0.5, 0.6) is 5.75 Å². The van der Waals surface area contributed by atoms with Crippen molar-refractivity contribution >= 4 is 27.7 Å². The van der Waals surface area contributed by atoms with Crippen LogP contribution in [0.1, 0.15) is 35.6 Å². The van der Waals surface area contributed by atoms with Crippen molar-refractivity contribution < 1.29 is 27.5 Å². The zero-order valence-electron chi connectivity index (χ0n) is 20.3. The molecule has 3 aromatic carbocycles. The Balaban J connectivity index is 1.86. The van der Waals surface area contributed by atoms with Crippen molar-refractivity contribution in [1.82, 2.24) is 10.2 Å². The van der Waals surface area contributed by atoms with Crippen LogP contribution in [0.2, 0.25) is 0 Å². The predicted molar refractivity (Wildman–Crippen MR) is 139 cm³/mol. The molecular formula is C28H28BrF3N2O3. The summed E-state index contributed by atoms with van der Waals surface area (Å²) in [6.07, 6.45) is -5.45. The van der Waals surface area contributed by atoms with Crippen molar-refractivity contribution in [2.45, 2.75) is 38.0 Å². The Kier molecular flexibility index (Phi) is 10.1. The highest BCUT2D eigenvalue weighted by Crippen LogP contribution is 2.28. The number of hydrogen-bond acceptors (Lipinski definition) is 3. The van der Waals surface area contributed by atoms with Gasteiger partial charge in [-0.25, -0.2) is 0 Å². The van der Waals surface area contributed by atoms with Crippen LogP contribution in [0.25, 0.3) is 0 Å². The minimum Gasteiger partial charge on any atom is -0.497 e. The Morgan fingerprint density at radius 3 is 2.19 bits per heavy atom. The van der Waals surface area contributed by atoms with Gasteiger partial charge in [0, 0.05) is 24.0 Å². The minimum atomic E-state index is -4.49. The van der Waals surface area contributed by atoms with E-state index in [4.69, 9.17) is 4.74 Å². The number of hydrogen-bond donors (Lipinski definition) is 1. The van der Waals surface area contributed by atoms with E-state index >= 15 is 0 Å². The molecule has 0 spiro atoms. The molecule has 0 bridgehead atoms. The van der Waals surface area contributed by atoms with Gasteiger partial charge in [0.25, 0.3) is 0 Å². The first-order chi connectivity index (χ1) is 17.7. The number of nitrogens with one attached hydrogen (secondary N) is 1. The van der Waals surface area contributed by atoms with E-state index in [2.05, 4.69) is 21.2 Å². The first-order valence-corrected chi connectivity index (χ1v) is 12.5. The van der Waals surface area contributed by atoms with Crippen molar-refractivity contribution in [2.75, 3.05) is 13.7 Å². The molecule has 0 aliphatic heterocycles. The van der Waals surface area contributed by atoms with Gasteiger partial charge in [-0.3, -0.25) is 9.59 Å². The molecule has 0 heterocycles. The molecule has 3 rings (SSSR count). The lowest BCUT2D eigenvalue weighted by molar-refractivity contribution is -0.152. The van der Waals surface area contributed by atoms with Crippen molar-refractivity contribution in [3.63, 3.8) is 0 Å². The van der Waals surface area contributed by atoms with Gasteiger partial charge in [0.2, 0.25) is 11.8 Å². The van der Waals surface area contributed by atoms with Crippen molar-refractivity contribution in [1.29, 1.82) is 0 Å². The molecule has 196 valence electrons. The average Bonchev–Trinajstić information content (AvgIpc) is 2.89. The highest BCUT2D eigenvalue weighted by atomic mass is 79.9. The van der Waals surface area contributed by atoms with E-state index < -0.39 is 37.0 Å². The molecule has 1 atom stereocenters. The van der Waals surface area contributed by atoms with Crippen LogP contribution in [-0.4, -0.2) is 36.5 Å². The molecular weight excluding hydrogens is 549 g/mol. The Hall–Kier alpha value is -3.33. The van der Waals surface area contributed by atoms with Gasteiger partial charge >= 0.3 is 6.18 Å². The summed E-state index contributed by atoms with van der Waals surface area (Å²) < 4.78 is 45.6. The number of ether oxygens (including phenoxy) is 1. The maximum Gasteiger partial charge on any atom is 0.390 e. The van der Waals surface area contributed by atoms with Gasteiger partial charge in [0.1, 0.15) is 11.8 Å². The number of carbonyl (C=O) groups is 2. The third-order valence-corrected chi connectivity index (χ3v) is 6.33. The number of halogens is 4. The number of rotatable bonds is 11. The lowest BCUT2D eigenvalue weighted by Gasteiger charge is -2.32. The highest BCUT2D eigenvalue weighted by Gasteiger charge is 2.35. The first kappa shape index (κ1) is 28.2. The molecule has 0 aliphatic rings. The minimum absolute atomic E-state index is 0.0524. The van der Waals surface area contributed by atoms with Crippen molar-refractivity contribution in [2.24, 2.45) is 0 Å². The molecule has 0 saturated heterocycles. The third kappa shape index (κ3) is 8.93. The second-order valence-electron chi connectivity index (χ2n) is 8.46. The standard InChI is InChI=1S/C28H28BrF3N2O3/c1-37-24-14-7-20(8-15-24)9-16-25(35)34(18-17-28(30,31)32)26(22-10-12-23(29)13-11-22)27(36)33-19-21-5-3-2-4-6-21/h2-8,10-15,26H,9,16-19H2,1H3,(H,33,36). The monoisotopic (exact) mass is 576 g/mol. The van der Waals surface area contributed by atoms with Gasteiger partial charge in [-0.1, -0.05) is 70.5 Å². The summed E-state index contributed by atoms with van der Waals surface area (Å²) in [7, 11) is 1.54. The molecule has 3 aromatic rings. The topological polar surface area (TPSA) is 58.6 Å². The van der Waals surface area contributed by atoms with E-state index in [9.17, 15) is 22.8 Å². The molecule has 0 aromatic heterocycles. The van der Waals surface area contributed by atoms with Gasteiger partial charge in [-0.05, 0) is 47.4 Å². The number of nitrogens with zero attached hydrogens (tertiary/aromatic N) is 1. The third-order valence-electron chi connectivity index (χ3n) is 5.80. The maximum atomic E-state index is 13.4. The summed E-state index contributed by atoms with van der Waals surface area (Å²) in [5.74, 6) is -0.429. The van der Waals surface area contributed by atoms with Crippen molar-refractivity contribution in [3.05, 3.63) is 100 Å². The molecule has 1 N–H and O–H groups in total. The normalized spacial score (nSPS) is 12.0. The van der Waals surface area contributed by atoms with Crippen LogP contribution in [0, 0.1) is 0 Å². The zero-order chi connectivity index (χ0) is 26.8. The Labute approximate surface area is 222 Å². The molecule has 1 unspecified atom stereocenters. The summed E-state index contributed by atoms with van der Waals surface area (Å²) in [6, 6.07) is 21.7. The van der Waals surface area contributed by atoms with Gasteiger partial charge in [0.15, 0.2) is 0 Å². The van der Waals surface area contributed by atoms with Gasteiger partial charge in [0.05, 0.1) is 13.5 Å². The molecule has 0 saturated carbocycles. The smallest absolute Gasteiger partial charge is 0.390 e. The number of benzene rings is 3. The van der Waals surface area contributed by atoms with Gasteiger partial charge in [-0.2, -0.15) is 13.2 Å². The molecule has 0 radical (unpaired) electrons. The molecule has 9 heteroatoms. The number of methoxy groups -OCH3 is 1. The first-order valence-electron chi connectivity index (χ1n) is 11.7. The van der Waals surface area contributed by atoms with Crippen LogP contribution >= 0.6 is 15.9 Å². The summed E-state index contributed by atoms with van der Waals surface area (Å²) >= 11 is 3.34.